The molecule has 0 aliphatic carbocycles. The summed E-state index contributed by atoms with van der Waals surface area (Å²) < 4.78 is 13.1. The molecule has 0 aliphatic heterocycles. The number of nitrogens with two attached hydrogens (primary N) is 2. The number of nitrogens with zero attached hydrogens (tertiary/aromatic N) is 1. The third kappa shape index (κ3) is 3.76. The van der Waals surface area contributed by atoms with E-state index in [-0.39, 0.29) is 6.04 Å². The van der Waals surface area contributed by atoms with E-state index < -0.39 is 16.4 Å². The van der Waals surface area contributed by atoms with Crippen LogP contribution in [0.25, 0.3) is 0 Å². The molecular weight excluding hydrogens is 225 g/mol. The van der Waals surface area contributed by atoms with Crippen LogP contribution in [0.5, 0.6) is 0 Å². The van der Waals surface area contributed by atoms with Crippen molar-refractivity contribution in [3.05, 3.63) is 39.7 Å². The van der Waals surface area contributed by atoms with Gasteiger partial charge in [0, 0.05) is 12.1 Å². The lowest BCUT2D eigenvalue weighted by molar-refractivity contribution is -0.387. The molecule has 0 spiro atoms. The van der Waals surface area contributed by atoms with Gasteiger partial charge in [0.15, 0.2) is 0 Å². The number of nitro benzene ring substituents is 1. The maximum absolute atomic E-state index is 13.1. The quantitative estimate of drug-likeness (QED) is 0.451. The van der Waals surface area contributed by atoms with Crippen molar-refractivity contribution in [2.45, 2.75) is 25.3 Å². The molecule has 6 heteroatoms. The average molecular weight is 241 g/mol. The van der Waals surface area contributed by atoms with E-state index in [1.807, 2.05) is 0 Å². The van der Waals surface area contributed by atoms with Crippen LogP contribution in [-0.2, 0) is 0 Å². The van der Waals surface area contributed by atoms with Crippen molar-refractivity contribution in [2.24, 2.45) is 11.5 Å². The zero-order valence-corrected chi connectivity index (χ0v) is 9.43. The standard InChI is InChI=1S/C11H16FN3O2/c12-9-5-4-8(7-11(9)15(16)17)10(14)3-1-2-6-13/h4-5,7,10H,1-3,6,13-14H2/t10-/m1/s1. The minimum Gasteiger partial charge on any atom is -0.330 e. The van der Waals surface area contributed by atoms with Crippen molar-refractivity contribution in [2.75, 3.05) is 6.54 Å². The molecule has 1 rings (SSSR count). The van der Waals surface area contributed by atoms with Gasteiger partial charge in [-0.05, 0) is 31.0 Å². The summed E-state index contributed by atoms with van der Waals surface area (Å²) in [5.41, 5.74) is 11.3. The first kappa shape index (κ1) is 13.5. The van der Waals surface area contributed by atoms with E-state index in [4.69, 9.17) is 11.5 Å². The second kappa shape index (κ2) is 6.27. The van der Waals surface area contributed by atoms with Gasteiger partial charge in [-0.1, -0.05) is 12.5 Å². The summed E-state index contributed by atoms with van der Waals surface area (Å²) in [4.78, 5) is 9.82. The SMILES string of the molecule is NCCCC[C@@H](N)c1ccc(F)c([N+](=O)[O-])c1. The molecular formula is C11H16FN3O2. The van der Waals surface area contributed by atoms with Crippen molar-refractivity contribution in [1.29, 1.82) is 0 Å². The molecule has 0 unspecified atom stereocenters. The van der Waals surface area contributed by atoms with Gasteiger partial charge in [-0.2, -0.15) is 4.39 Å². The Labute approximate surface area is 98.8 Å². The maximum Gasteiger partial charge on any atom is 0.305 e. The van der Waals surface area contributed by atoms with Gasteiger partial charge in [-0.3, -0.25) is 10.1 Å². The van der Waals surface area contributed by atoms with Crippen LogP contribution < -0.4 is 11.5 Å². The molecule has 0 fully saturated rings. The molecule has 1 aromatic carbocycles. The Kier molecular flexibility index (Phi) is 4.99. The number of hydrogen-bond donors (Lipinski definition) is 2. The van der Waals surface area contributed by atoms with E-state index >= 15 is 0 Å². The minimum atomic E-state index is -0.840. The highest BCUT2D eigenvalue weighted by atomic mass is 19.1. The van der Waals surface area contributed by atoms with E-state index in [2.05, 4.69) is 0 Å². The number of halogens is 1. The fraction of sp³-hybridized carbons (Fsp3) is 0.455. The summed E-state index contributed by atoms with van der Waals surface area (Å²) >= 11 is 0. The van der Waals surface area contributed by atoms with Crippen LogP contribution in [0.3, 0.4) is 0 Å². The lowest BCUT2D eigenvalue weighted by atomic mass is 10.0. The average Bonchev–Trinajstić information content (AvgIpc) is 2.29. The molecule has 4 N–H and O–H groups in total. The monoisotopic (exact) mass is 241 g/mol. The second-order valence-electron chi connectivity index (χ2n) is 3.86. The summed E-state index contributed by atoms with van der Waals surface area (Å²) in [6.07, 6.45) is 2.39. The fourth-order valence-electron chi connectivity index (χ4n) is 1.58. The van der Waals surface area contributed by atoms with Gasteiger partial charge in [-0.15, -0.1) is 0 Å². The molecule has 1 aromatic rings. The van der Waals surface area contributed by atoms with Crippen LogP contribution in [0, 0.1) is 15.9 Å². The van der Waals surface area contributed by atoms with Gasteiger partial charge in [0.1, 0.15) is 0 Å². The zero-order chi connectivity index (χ0) is 12.8. The number of benzene rings is 1. The predicted octanol–water partition coefficient (Wildman–Crippen LogP) is 1.86. The lowest BCUT2D eigenvalue weighted by Crippen LogP contribution is -2.11. The van der Waals surface area contributed by atoms with Gasteiger partial charge in [0.05, 0.1) is 4.92 Å². The fourth-order valence-corrected chi connectivity index (χ4v) is 1.58. The number of rotatable bonds is 6. The molecule has 1 atom stereocenters. The maximum atomic E-state index is 13.1. The molecule has 17 heavy (non-hydrogen) atoms. The van der Waals surface area contributed by atoms with Crippen molar-refractivity contribution in [3.63, 3.8) is 0 Å². The number of hydrogen-bond acceptors (Lipinski definition) is 4. The van der Waals surface area contributed by atoms with E-state index in [9.17, 15) is 14.5 Å². The first-order valence-corrected chi connectivity index (χ1v) is 5.45. The van der Waals surface area contributed by atoms with Crippen molar-refractivity contribution < 1.29 is 9.31 Å². The van der Waals surface area contributed by atoms with Crippen LogP contribution in [0.15, 0.2) is 18.2 Å². The summed E-state index contributed by atoms with van der Waals surface area (Å²) in [6.45, 7) is 0.594. The topological polar surface area (TPSA) is 95.2 Å². The minimum absolute atomic E-state index is 0.319. The normalized spacial score (nSPS) is 12.4. The molecule has 0 aromatic heterocycles. The van der Waals surface area contributed by atoms with Crippen LogP contribution in [0.2, 0.25) is 0 Å². The van der Waals surface area contributed by atoms with Gasteiger partial charge in [-0.25, -0.2) is 0 Å². The van der Waals surface area contributed by atoms with Gasteiger partial charge < -0.3 is 11.5 Å². The van der Waals surface area contributed by atoms with Crippen LogP contribution in [0.1, 0.15) is 30.9 Å². The first-order chi connectivity index (χ1) is 8.06. The van der Waals surface area contributed by atoms with E-state index in [0.717, 1.165) is 18.9 Å². The highest BCUT2D eigenvalue weighted by Crippen LogP contribution is 2.24. The van der Waals surface area contributed by atoms with E-state index in [1.165, 1.54) is 12.1 Å². The largest absolute Gasteiger partial charge is 0.330 e. The summed E-state index contributed by atoms with van der Waals surface area (Å²) in [6, 6.07) is 3.44. The van der Waals surface area contributed by atoms with Crippen molar-refractivity contribution >= 4 is 5.69 Å². The zero-order valence-electron chi connectivity index (χ0n) is 9.43. The Morgan fingerprint density at radius 1 is 1.41 bits per heavy atom. The third-order valence-corrected chi connectivity index (χ3v) is 2.56. The molecule has 0 amide bonds. The second-order valence-corrected chi connectivity index (χ2v) is 3.86. The Hall–Kier alpha value is -1.53. The van der Waals surface area contributed by atoms with E-state index in [0.29, 0.717) is 18.5 Å². The van der Waals surface area contributed by atoms with Crippen molar-refractivity contribution in [3.8, 4) is 0 Å². The van der Waals surface area contributed by atoms with Gasteiger partial charge in [0.2, 0.25) is 5.82 Å². The van der Waals surface area contributed by atoms with Crippen molar-refractivity contribution in [1.82, 2.24) is 0 Å². The molecule has 0 aliphatic rings. The highest BCUT2D eigenvalue weighted by Gasteiger charge is 2.16. The number of unbranched alkanes of at least 4 members (excludes halogenated alkanes) is 1. The first-order valence-electron chi connectivity index (χ1n) is 5.45. The summed E-state index contributed by atoms with van der Waals surface area (Å²) in [5.74, 6) is -0.840. The lowest BCUT2D eigenvalue weighted by Gasteiger charge is -2.11. The molecule has 5 nitrogen and oxygen atoms in total. The Balaban J connectivity index is 2.77. The number of nitro groups is 1. The molecule has 94 valence electrons. The smallest absolute Gasteiger partial charge is 0.305 e. The predicted molar refractivity (Wildman–Crippen MR) is 62.9 cm³/mol. The van der Waals surface area contributed by atoms with Gasteiger partial charge in [0.25, 0.3) is 0 Å². The Bertz CT molecular complexity index is 398. The molecule has 0 heterocycles. The Morgan fingerprint density at radius 3 is 2.71 bits per heavy atom. The molecule has 0 saturated heterocycles. The van der Waals surface area contributed by atoms with E-state index in [1.54, 1.807) is 0 Å². The van der Waals surface area contributed by atoms with Gasteiger partial charge >= 0.3 is 5.69 Å². The summed E-state index contributed by atoms with van der Waals surface area (Å²) in [5, 5.41) is 10.6. The van der Waals surface area contributed by atoms with Crippen LogP contribution in [0.4, 0.5) is 10.1 Å². The highest BCUT2D eigenvalue weighted by molar-refractivity contribution is 5.37. The Morgan fingerprint density at radius 2 is 2.12 bits per heavy atom. The third-order valence-electron chi connectivity index (χ3n) is 2.56. The molecule has 0 saturated carbocycles. The summed E-state index contributed by atoms with van der Waals surface area (Å²) in [7, 11) is 0. The molecule has 0 radical (unpaired) electrons. The van der Waals surface area contributed by atoms with Crippen LogP contribution >= 0.6 is 0 Å². The molecule has 0 bridgehead atoms. The van der Waals surface area contributed by atoms with Crippen LogP contribution in [-0.4, -0.2) is 11.5 Å².